The Morgan fingerprint density at radius 3 is 2.74 bits per heavy atom. The molecule has 23 heavy (non-hydrogen) atoms. The van der Waals surface area contributed by atoms with E-state index in [4.69, 9.17) is 5.11 Å². The lowest BCUT2D eigenvalue weighted by molar-refractivity contribution is 0.100. The van der Waals surface area contributed by atoms with Gasteiger partial charge >= 0.3 is 0 Å². The van der Waals surface area contributed by atoms with Gasteiger partial charge in [0, 0.05) is 35.5 Å². The van der Waals surface area contributed by atoms with E-state index in [0.29, 0.717) is 16.9 Å². The normalized spacial score (nSPS) is 12.6. The Bertz CT molecular complexity index is 873. The van der Waals surface area contributed by atoms with Crippen LogP contribution in [0.5, 0.6) is 0 Å². The molecule has 1 heterocycles. The molecule has 0 bridgehead atoms. The maximum absolute atomic E-state index is 12.6. The van der Waals surface area contributed by atoms with E-state index in [-0.39, 0.29) is 12.2 Å². The minimum Gasteiger partial charge on any atom is -0.395 e. The highest BCUT2D eigenvalue weighted by molar-refractivity contribution is 7.93. The largest absolute Gasteiger partial charge is 0.395 e. The number of nitrogens with zero attached hydrogens (tertiary/aromatic N) is 2. The Morgan fingerprint density at radius 1 is 1.30 bits per heavy atom. The second-order valence-corrected chi connectivity index (χ2v) is 7.01. The summed E-state index contributed by atoms with van der Waals surface area (Å²) in [5.74, 6) is 4.95. The van der Waals surface area contributed by atoms with Crippen LogP contribution in [0.1, 0.15) is 22.3 Å². The average Bonchev–Trinajstić information content (AvgIpc) is 2.56. The lowest BCUT2D eigenvalue weighted by Crippen LogP contribution is -2.04. The molecular weight excluding hydrogens is 312 g/mol. The van der Waals surface area contributed by atoms with E-state index in [0.717, 1.165) is 0 Å². The van der Waals surface area contributed by atoms with Gasteiger partial charge in [0.25, 0.3) is 5.91 Å². The Balaban J connectivity index is 2.31. The summed E-state index contributed by atoms with van der Waals surface area (Å²) in [6.45, 7) is -0.0244. The molecule has 0 aliphatic carbocycles. The van der Waals surface area contributed by atoms with Crippen molar-refractivity contribution < 1.29 is 14.1 Å². The molecule has 0 radical (unpaired) electrons. The summed E-state index contributed by atoms with van der Waals surface area (Å²) in [7, 11) is -2.81. The molecule has 1 amide bonds. The second-order valence-electron chi connectivity index (χ2n) is 4.75. The minimum atomic E-state index is -2.81. The fourth-order valence-electron chi connectivity index (χ4n) is 1.78. The maximum Gasteiger partial charge on any atom is 0.286 e. The highest BCUT2D eigenvalue weighted by Gasteiger charge is 2.11. The van der Waals surface area contributed by atoms with Crippen LogP contribution in [0.2, 0.25) is 0 Å². The number of hydrogen-bond donors (Lipinski definition) is 1. The van der Waals surface area contributed by atoms with Gasteiger partial charge in [-0.2, -0.15) is 4.36 Å². The molecule has 0 saturated carbocycles. The number of aliphatic hydroxyl groups is 1. The van der Waals surface area contributed by atoms with Crippen LogP contribution in [0.3, 0.4) is 0 Å². The number of aliphatic hydroxyl groups excluding tert-OH is 1. The van der Waals surface area contributed by atoms with Crippen LogP contribution < -0.4 is 0 Å². The average molecular weight is 328 g/mol. The molecular formula is C17H16N2O3S. The molecule has 0 aliphatic heterocycles. The third kappa shape index (κ3) is 4.74. The Morgan fingerprint density at radius 2 is 2.04 bits per heavy atom. The molecule has 1 unspecified atom stereocenters. The monoisotopic (exact) mass is 328 g/mol. The zero-order valence-corrected chi connectivity index (χ0v) is 13.4. The molecule has 0 aliphatic rings. The van der Waals surface area contributed by atoms with Gasteiger partial charge in [-0.3, -0.25) is 9.78 Å². The summed E-state index contributed by atoms with van der Waals surface area (Å²) < 4.78 is 16.5. The van der Waals surface area contributed by atoms with Crippen molar-refractivity contribution in [3.8, 4) is 11.8 Å². The third-order valence-corrected chi connectivity index (χ3v) is 4.55. The molecule has 2 aromatic rings. The van der Waals surface area contributed by atoms with Gasteiger partial charge in [0.2, 0.25) is 0 Å². The predicted molar refractivity (Wildman–Crippen MR) is 88.4 cm³/mol. The molecule has 6 heteroatoms. The number of pyridine rings is 1. The molecule has 1 N–H and O–H groups in total. The van der Waals surface area contributed by atoms with E-state index in [1.54, 1.807) is 36.4 Å². The topological polar surface area (TPSA) is 79.6 Å². The van der Waals surface area contributed by atoms with Crippen LogP contribution in [-0.2, 0) is 9.73 Å². The summed E-state index contributed by atoms with van der Waals surface area (Å²) in [6, 6.07) is 10.2. The van der Waals surface area contributed by atoms with Crippen molar-refractivity contribution >= 4 is 15.6 Å². The molecule has 0 fully saturated rings. The van der Waals surface area contributed by atoms with Crippen molar-refractivity contribution in [2.75, 3.05) is 12.9 Å². The van der Waals surface area contributed by atoms with Gasteiger partial charge in [0.1, 0.15) is 0 Å². The van der Waals surface area contributed by atoms with Crippen LogP contribution in [0, 0.1) is 11.8 Å². The first kappa shape index (κ1) is 16.9. The number of rotatable bonds is 3. The first-order chi connectivity index (χ1) is 11.0. The maximum atomic E-state index is 12.6. The van der Waals surface area contributed by atoms with Gasteiger partial charge in [-0.25, -0.2) is 4.21 Å². The fourth-order valence-corrected chi connectivity index (χ4v) is 2.97. The highest BCUT2D eigenvalue weighted by atomic mass is 32.2. The van der Waals surface area contributed by atoms with Gasteiger partial charge in [-0.1, -0.05) is 30.0 Å². The molecule has 2 rings (SSSR count). The zero-order chi connectivity index (χ0) is 16.7. The van der Waals surface area contributed by atoms with Gasteiger partial charge in [-0.15, -0.1) is 0 Å². The number of amides is 1. The summed E-state index contributed by atoms with van der Waals surface area (Å²) in [4.78, 5) is 16.7. The predicted octanol–water partition coefficient (Wildman–Crippen LogP) is 2.11. The lowest BCUT2D eigenvalue weighted by atomic mass is 10.2. The SMILES string of the molecule is CS(=O)(=NC(=O)c1cncc(C#CCCO)c1)c1ccccc1. The smallest absolute Gasteiger partial charge is 0.286 e. The van der Waals surface area contributed by atoms with Crippen LogP contribution in [0.4, 0.5) is 0 Å². The van der Waals surface area contributed by atoms with Crippen molar-refractivity contribution in [2.45, 2.75) is 11.3 Å². The first-order valence-electron chi connectivity index (χ1n) is 6.89. The number of carbonyl (C=O) groups is 1. The van der Waals surface area contributed by atoms with Crippen LogP contribution in [0.25, 0.3) is 0 Å². The van der Waals surface area contributed by atoms with Crippen molar-refractivity contribution in [2.24, 2.45) is 4.36 Å². The van der Waals surface area contributed by atoms with Gasteiger partial charge < -0.3 is 5.11 Å². The van der Waals surface area contributed by atoms with E-state index < -0.39 is 15.6 Å². The van der Waals surface area contributed by atoms with Crippen molar-refractivity contribution in [1.29, 1.82) is 0 Å². The van der Waals surface area contributed by atoms with Crippen LogP contribution in [0.15, 0.2) is 58.1 Å². The third-order valence-electron chi connectivity index (χ3n) is 2.89. The summed E-state index contributed by atoms with van der Waals surface area (Å²) in [5, 5.41) is 8.70. The molecule has 5 nitrogen and oxygen atoms in total. The summed E-state index contributed by atoms with van der Waals surface area (Å²) >= 11 is 0. The molecule has 118 valence electrons. The molecule has 1 atom stereocenters. The zero-order valence-electron chi connectivity index (χ0n) is 12.6. The van der Waals surface area contributed by atoms with E-state index in [9.17, 15) is 9.00 Å². The fraction of sp³-hybridized carbons (Fsp3) is 0.176. The van der Waals surface area contributed by atoms with Gasteiger partial charge in [0.05, 0.1) is 21.9 Å². The van der Waals surface area contributed by atoms with Crippen LogP contribution in [-0.4, -0.2) is 33.1 Å². The Hall–Kier alpha value is -2.49. The number of benzene rings is 1. The van der Waals surface area contributed by atoms with E-state index in [1.165, 1.54) is 18.6 Å². The summed E-state index contributed by atoms with van der Waals surface area (Å²) in [5.41, 5.74) is 0.771. The van der Waals surface area contributed by atoms with Crippen molar-refractivity contribution in [1.82, 2.24) is 4.98 Å². The Labute approximate surface area is 135 Å². The first-order valence-corrected chi connectivity index (χ1v) is 8.81. The van der Waals surface area contributed by atoms with Crippen molar-refractivity contribution in [3.63, 3.8) is 0 Å². The van der Waals surface area contributed by atoms with Crippen molar-refractivity contribution in [3.05, 3.63) is 59.9 Å². The molecule has 0 saturated heterocycles. The Kier molecular flexibility index (Phi) is 5.63. The summed E-state index contributed by atoms with van der Waals surface area (Å²) in [6.07, 6.45) is 4.66. The van der Waals surface area contributed by atoms with Gasteiger partial charge in [-0.05, 0) is 18.2 Å². The number of carbonyl (C=O) groups excluding carboxylic acids is 1. The van der Waals surface area contributed by atoms with Gasteiger partial charge in [0.15, 0.2) is 0 Å². The quantitative estimate of drug-likeness (QED) is 0.875. The molecule has 1 aromatic carbocycles. The number of hydrogen-bond acceptors (Lipinski definition) is 4. The standard InChI is InChI=1S/C17H16N2O3S/c1-23(22,16-8-3-2-4-9-16)19-17(21)15-11-14(12-18-13-15)7-5-6-10-20/h2-4,8-9,11-13,20H,6,10H2,1H3. The van der Waals surface area contributed by atoms with E-state index in [1.807, 2.05) is 0 Å². The van der Waals surface area contributed by atoms with E-state index >= 15 is 0 Å². The minimum absolute atomic E-state index is 0.0244. The molecule has 0 spiro atoms. The van der Waals surface area contributed by atoms with E-state index in [2.05, 4.69) is 21.2 Å². The lowest BCUT2D eigenvalue weighted by Gasteiger charge is -2.03. The number of aromatic nitrogens is 1. The second kappa shape index (κ2) is 7.68. The van der Waals surface area contributed by atoms with Crippen LogP contribution >= 0.6 is 0 Å². The highest BCUT2D eigenvalue weighted by Crippen LogP contribution is 2.13. The molecule has 1 aromatic heterocycles.